The Balaban J connectivity index is 1.41. The van der Waals surface area contributed by atoms with Crippen molar-refractivity contribution >= 4 is 11.8 Å². The van der Waals surface area contributed by atoms with Crippen LogP contribution in [0.5, 0.6) is 0 Å². The van der Waals surface area contributed by atoms with Gasteiger partial charge in [0.25, 0.3) is 0 Å². The first-order valence-electron chi connectivity index (χ1n) is 11.8. The summed E-state index contributed by atoms with van der Waals surface area (Å²) >= 11 is 0. The van der Waals surface area contributed by atoms with Crippen LogP contribution in [0.25, 0.3) is 0 Å². The zero-order valence-electron chi connectivity index (χ0n) is 19.1. The molecule has 178 valence electrons. The van der Waals surface area contributed by atoms with Gasteiger partial charge in [-0.05, 0) is 62.4 Å². The second-order valence-electron chi connectivity index (χ2n) is 9.01. The zero-order chi connectivity index (χ0) is 23.3. The number of nitrogens with one attached hydrogen (secondary N) is 1. The molecule has 1 heterocycles. The van der Waals surface area contributed by atoms with Gasteiger partial charge in [0.15, 0.2) is 0 Å². The van der Waals surface area contributed by atoms with E-state index in [0.717, 1.165) is 30.5 Å². The van der Waals surface area contributed by atoms with E-state index in [9.17, 15) is 14.3 Å². The number of benzene rings is 2. The topological polar surface area (TPSA) is 71.0 Å². The number of hydrogen-bond donors (Lipinski definition) is 2. The molecule has 1 aliphatic heterocycles. The normalized spacial score (nSPS) is 26.8. The Labute approximate surface area is 194 Å². The maximum absolute atomic E-state index is 13.3. The molecule has 2 N–H and O–H groups in total. The summed E-state index contributed by atoms with van der Waals surface area (Å²) < 4.78 is 24.9. The molecule has 33 heavy (non-hydrogen) atoms. The lowest BCUT2D eigenvalue weighted by molar-refractivity contribution is -0.192. The van der Waals surface area contributed by atoms with Crippen LogP contribution < -0.4 is 5.32 Å². The molecule has 1 saturated heterocycles. The van der Waals surface area contributed by atoms with E-state index in [-0.39, 0.29) is 36.6 Å². The monoisotopic (exact) mass is 456 g/mol. The van der Waals surface area contributed by atoms with Crippen LogP contribution in [-0.4, -0.2) is 53.5 Å². The second-order valence-corrected chi connectivity index (χ2v) is 9.01. The maximum Gasteiger partial charge on any atom is 0.410 e. The fourth-order valence-electron chi connectivity index (χ4n) is 5.11. The van der Waals surface area contributed by atoms with E-state index >= 15 is 0 Å². The number of fused-ring (bicyclic) bond motifs is 1. The lowest BCUT2D eigenvalue weighted by Crippen LogP contribution is -2.64. The molecule has 1 aliphatic carbocycles. The minimum atomic E-state index is -1.05. The van der Waals surface area contributed by atoms with Crippen molar-refractivity contribution in [3.05, 3.63) is 66.0 Å². The van der Waals surface area contributed by atoms with Gasteiger partial charge >= 0.3 is 6.09 Å². The van der Waals surface area contributed by atoms with Crippen molar-refractivity contribution in [3.8, 4) is 0 Å². The molecule has 1 saturated carbocycles. The highest BCUT2D eigenvalue weighted by molar-refractivity contribution is 5.67. The summed E-state index contributed by atoms with van der Waals surface area (Å²) in [4.78, 5) is 14.4. The minimum Gasteiger partial charge on any atom is -0.445 e. The predicted molar refractivity (Wildman–Crippen MR) is 124 cm³/mol. The van der Waals surface area contributed by atoms with E-state index in [4.69, 9.17) is 9.47 Å². The zero-order valence-corrected chi connectivity index (χ0v) is 19.1. The summed E-state index contributed by atoms with van der Waals surface area (Å²) in [6.07, 6.45) is 2.19. The van der Waals surface area contributed by atoms with Crippen LogP contribution >= 0.6 is 0 Å². The maximum atomic E-state index is 13.3. The van der Waals surface area contributed by atoms with Gasteiger partial charge in [0, 0.05) is 31.3 Å². The second kappa shape index (κ2) is 10.5. The van der Waals surface area contributed by atoms with Crippen LogP contribution in [0.2, 0.25) is 0 Å². The Bertz CT molecular complexity index is 910. The van der Waals surface area contributed by atoms with Gasteiger partial charge in [0.2, 0.25) is 0 Å². The molecule has 4 rings (SSSR count). The highest BCUT2D eigenvalue weighted by Crippen LogP contribution is 2.42. The van der Waals surface area contributed by atoms with Crippen LogP contribution in [0, 0.1) is 11.7 Å². The standard InChI is InChI=1S/C26H33FN2O4/c1-2-29(25(30)33-18-19-7-4-3-5-8-19)17-20-9-14-23(26(31)15-6-16-32-24(20)26)28-22-12-10-21(27)11-13-22/h3-5,7-8,10-13,20,23-24,28,31H,2,6,9,14-18H2,1H3/t20-,23-,24+,26+/m0/s1. The van der Waals surface area contributed by atoms with Crippen LogP contribution in [-0.2, 0) is 16.1 Å². The van der Waals surface area contributed by atoms with Gasteiger partial charge in [-0.15, -0.1) is 0 Å². The van der Waals surface area contributed by atoms with Gasteiger partial charge in [-0.25, -0.2) is 9.18 Å². The third-order valence-electron chi connectivity index (χ3n) is 6.85. The van der Waals surface area contributed by atoms with Crippen molar-refractivity contribution in [2.75, 3.05) is 25.0 Å². The number of ether oxygens (including phenoxy) is 2. The van der Waals surface area contributed by atoms with Crippen molar-refractivity contribution in [3.63, 3.8) is 0 Å². The van der Waals surface area contributed by atoms with Crippen molar-refractivity contribution in [1.82, 2.24) is 4.90 Å². The molecule has 0 unspecified atom stereocenters. The predicted octanol–water partition coefficient (Wildman–Crippen LogP) is 4.59. The van der Waals surface area contributed by atoms with Crippen LogP contribution in [0.15, 0.2) is 54.6 Å². The minimum absolute atomic E-state index is 0.00536. The van der Waals surface area contributed by atoms with E-state index in [1.807, 2.05) is 37.3 Å². The van der Waals surface area contributed by atoms with Gasteiger partial charge in [-0.2, -0.15) is 0 Å². The van der Waals surface area contributed by atoms with Gasteiger partial charge in [0.05, 0.1) is 12.1 Å². The van der Waals surface area contributed by atoms with Crippen LogP contribution in [0.4, 0.5) is 14.9 Å². The average Bonchev–Trinajstić information content (AvgIpc) is 2.84. The molecule has 1 amide bonds. The van der Waals surface area contributed by atoms with Crippen LogP contribution in [0.1, 0.15) is 38.2 Å². The number of carbonyl (C=O) groups excluding carboxylic acids is 1. The van der Waals surface area contributed by atoms with Crippen molar-refractivity contribution in [2.45, 2.75) is 57.0 Å². The molecule has 7 heteroatoms. The van der Waals surface area contributed by atoms with E-state index in [0.29, 0.717) is 26.1 Å². The van der Waals surface area contributed by atoms with Gasteiger partial charge < -0.3 is 24.8 Å². The molecule has 0 bridgehead atoms. The Morgan fingerprint density at radius 2 is 1.97 bits per heavy atom. The first kappa shape index (κ1) is 23.5. The first-order valence-corrected chi connectivity index (χ1v) is 11.8. The number of hydrogen-bond acceptors (Lipinski definition) is 5. The highest BCUT2D eigenvalue weighted by atomic mass is 19.1. The molecule has 6 nitrogen and oxygen atoms in total. The fraction of sp³-hybridized carbons (Fsp3) is 0.500. The van der Waals surface area contributed by atoms with E-state index in [2.05, 4.69) is 5.32 Å². The van der Waals surface area contributed by atoms with E-state index in [1.165, 1.54) is 12.1 Å². The lowest BCUT2D eigenvalue weighted by atomic mass is 9.68. The molecular weight excluding hydrogens is 423 g/mol. The fourth-order valence-corrected chi connectivity index (χ4v) is 5.11. The number of aliphatic hydroxyl groups is 1. The van der Waals surface area contributed by atoms with E-state index in [1.54, 1.807) is 17.0 Å². The molecule has 2 aliphatic rings. The van der Waals surface area contributed by atoms with Crippen LogP contribution in [0.3, 0.4) is 0 Å². The van der Waals surface area contributed by atoms with Crippen molar-refractivity contribution in [2.24, 2.45) is 5.92 Å². The third-order valence-corrected chi connectivity index (χ3v) is 6.85. The average molecular weight is 457 g/mol. The van der Waals surface area contributed by atoms with E-state index < -0.39 is 5.60 Å². The summed E-state index contributed by atoms with van der Waals surface area (Å²) in [5.41, 5.74) is 0.666. The summed E-state index contributed by atoms with van der Waals surface area (Å²) in [7, 11) is 0. The first-order chi connectivity index (χ1) is 16.0. The molecule has 0 aromatic heterocycles. The number of carbonyl (C=O) groups is 1. The number of amides is 1. The summed E-state index contributed by atoms with van der Waals surface area (Å²) in [5.74, 6) is -0.286. The third kappa shape index (κ3) is 5.47. The van der Waals surface area contributed by atoms with Crippen molar-refractivity contribution < 1.29 is 23.8 Å². The Kier molecular flexibility index (Phi) is 7.50. The highest BCUT2D eigenvalue weighted by Gasteiger charge is 2.53. The van der Waals surface area contributed by atoms with Crippen molar-refractivity contribution in [1.29, 1.82) is 0 Å². The SMILES string of the molecule is CCN(C[C@@H]1CC[C@H](Nc2ccc(F)cc2)[C@]2(O)CCCO[C@H]12)C(=O)OCc1ccccc1. The smallest absolute Gasteiger partial charge is 0.410 e. The van der Waals surface area contributed by atoms with Gasteiger partial charge in [-0.3, -0.25) is 0 Å². The number of anilines is 1. The molecule has 2 fully saturated rings. The largest absolute Gasteiger partial charge is 0.445 e. The summed E-state index contributed by atoms with van der Waals surface area (Å²) in [6, 6.07) is 15.6. The Morgan fingerprint density at radius 3 is 2.70 bits per heavy atom. The lowest BCUT2D eigenvalue weighted by Gasteiger charge is -2.52. The quantitative estimate of drug-likeness (QED) is 0.638. The van der Waals surface area contributed by atoms with Gasteiger partial charge in [0.1, 0.15) is 18.0 Å². The van der Waals surface area contributed by atoms with Gasteiger partial charge in [-0.1, -0.05) is 30.3 Å². The number of nitrogens with zero attached hydrogens (tertiary/aromatic N) is 1. The number of rotatable bonds is 7. The Hall–Kier alpha value is -2.64. The molecule has 4 atom stereocenters. The molecule has 0 radical (unpaired) electrons. The molecule has 0 spiro atoms. The summed E-state index contributed by atoms with van der Waals surface area (Å²) in [6.45, 7) is 3.75. The molecular formula is C26H33FN2O4. The Morgan fingerprint density at radius 1 is 1.21 bits per heavy atom. The molecule has 2 aromatic carbocycles. The molecule has 2 aromatic rings. The summed E-state index contributed by atoms with van der Waals surface area (Å²) in [5, 5.41) is 15.1. The number of halogens is 1.